The molecule has 0 N–H and O–H groups in total. The number of rotatable bonds is 5. The Morgan fingerprint density at radius 3 is 2.44 bits per heavy atom. The van der Waals surface area contributed by atoms with Crippen molar-refractivity contribution in [1.29, 1.82) is 0 Å². The van der Waals surface area contributed by atoms with Gasteiger partial charge in [0.2, 0.25) is 0 Å². The fourth-order valence-electron chi connectivity index (χ4n) is 4.36. The van der Waals surface area contributed by atoms with Crippen LogP contribution in [0.25, 0.3) is 11.4 Å². The minimum atomic E-state index is -0.450. The van der Waals surface area contributed by atoms with Gasteiger partial charge in [0.1, 0.15) is 16.0 Å². The monoisotopic (exact) mass is 615 g/mol. The first kappa shape index (κ1) is 24.8. The molecule has 0 unspecified atom stereocenters. The van der Waals surface area contributed by atoms with E-state index in [1.54, 1.807) is 35.3 Å². The van der Waals surface area contributed by atoms with E-state index in [2.05, 4.69) is 66.0 Å². The predicted octanol–water partition coefficient (Wildman–Crippen LogP) is 4.81. The highest BCUT2D eigenvalue weighted by atomic mass is 79.9. The molecule has 1 amide bonds. The summed E-state index contributed by atoms with van der Waals surface area (Å²) in [7, 11) is 0. The minimum Gasteiger partial charge on any atom is -0.336 e. The first-order valence-corrected chi connectivity index (χ1v) is 13.1. The van der Waals surface area contributed by atoms with Gasteiger partial charge in [-0.25, -0.2) is 13.8 Å². The van der Waals surface area contributed by atoms with Crippen LogP contribution >= 0.6 is 31.9 Å². The fourth-order valence-corrected chi connectivity index (χ4v) is 5.28. The summed E-state index contributed by atoms with van der Waals surface area (Å²) in [4.78, 5) is 17.4. The Bertz CT molecular complexity index is 1390. The van der Waals surface area contributed by atoms with Crippen LogP contribution in [-0.4, -0.2) is 66.7 Å². The number of hydrogen-bond donors (Lipinski definition) is 0. The molecule has 2 aromatic carbocycles. The molecule has 2 aromatic heterocycles. The number of piperazine rings is 1. The molecule has 1 aliphatic heterocycles. The summed E-state index contributed by atoms with van der Waals surface area (Å²) in [5.74, 6) is -0.446. The highest BCUT2D eigenvalue weighted by Crippen LogP contribution is 2.30. The number of carbonyl (C=O) groups is 1. The molecule has 0 spiro atoms. The summed E-state index contributed by atoms with van der Waals surface area (Å²) >= 11 is 6.77. The smallest absolute Gasteiger partial charge is 0.258 e. The third kappa shape index (κ3) is 4.51. The number of aromatic nitrogens is 5. The van der Waals surface area contributed by atoms with Crippen molar-refractivity contribution in [2.45, 2.75) is 19.4 Å². The van der Waals surface area contributed by atoms with Crippen LogP contribution in [0.4, 0.5) is 4.39 Å². The van der Waals surface area contributed by atoms with Gasteiger partial charge in [0.25, 0.3) is 5.91 Å². The standard InChI is InChI=1S/C25H24Br2FN7O/c1-25(2,21-16-34(31-30-21)20-10-6-9-19(26)22(20)28)33-13-11-32(12-14-33)24(36)18-15-29-35(23(18)27)17-7-4-3-5-8-17/h3-10,15-16H,11-14H2,1-2H3. The Kier molecular flexibility index (Phi) is 6.80. The molecular weight excluding hydrogens is 593 g/mol. The Morgan fingerprint density at radius 1 is 1.00 bits per heavy atom. The van der Waals surface area contributed by atoms with Crippen LogP contribution in [0, 0.1) is 5.82 Å². The number of para-hydroxylation sites is 1. The van der Waals surface area contributed by atoms with E-state index in [-0.39, 0.29) is 11.7 Å². The molecule has 0 aliphatic carbocycles. The number of halogens is 3. The van der Waals surface area contributed by atoms with Crippen LogP contribution in [-0.2, 0) is 5.54 Å². The number of benzene rings is 2. The normalized spacial score (nSPS) is 14.9. The van der Waals surface area contributed by atoms with E-state index in [9.17, 15) is 9.18 Å². The molecule has 8 nitrogen and oxygen atoms in total. The third-order valence-corrected chi connectivity index (χ3v) is 7.97. The van der Waals surface area contributed by atoms with Crippen molar-refractivity contribution in [3.63, 3.8) is 0 Å². The average Bonchev–Trinajstić information content (AvgIpc) is 3.54. The van der Waals surface area contributed by atoms with E-state index in [0.29, 0.717) is 46.5 Å². The minimum absolute atomic E-state index is 0.0578. The third-order valence-electron chi connectivity index (χ3n) is 6.60. The van der Waals surface area contributed by atoms with Gasteiger partial charge in [-0.1, -0.05) is 29.5 Å². The van der Waals surface area contributed by atoms with Crippen LogP contribution in [0.5, 0.6) is 0 Å². The van der Waals surface area contributed by atoms with Crippen LogP contribution in [0.15, 0.2) is 70.0 Å². The molecule has 0 bridgehead atoms. The number of hydrogen-bond acceptors (Lipinski definition) is 5. The van der Waals surface area contributed by atoms with Crippen molar-refractivity contribution in [2.75, 3.05) is 26.2 Å². The van der Waals surface area contributed by atoms with Gasteiger partial charge in [0.05, 0.1) is 33.7 Å². The molecule has 4 aromatic rings. The molecule has 186 valence electrons. The Hall–Kier alpha value is -2.89. The lowest BCUT2D eigenvalue weighted by atomic mass is 9.97. The van der Waals surface area contributed by atoms with Gasteiger partial charge in [0, 0.05) is 26.2 Å². The molecule has 36 heavy (non-hydrogen) atoms. The van der Waals surface area contributed by atoms with E-state index in [4.69, 9.17) is 0 Å². The Morgan fingerprint density at radius 2 is 1.72 bits per heavy atom. The van der Waals surface area contributed by atoms with Crippen molar-refractivity contribution in [3.05, 3.63) is 87.1 Å². The lowest BCUT2D eigenvalue weighted by Gasteiger charge is -2.43. The predicted molar refractivity (Wildman–Crippen MR) is 141 cm³/mol. The molecular formula is C25H24Br2FN7O. The molecule has 1 aliphatic rings. The number of nitrogens with zero attached hydrogens (tertiary/aromatic N) is 7. The van der Waals surface area contributed by atoms with Gasteiger partial charge >= 0.3 is 0 Å². The highest BCUT2D eigenvalue weighted by Gasteiger charge is 2.35. The van der Waals surface area contributed by atoms with E-state index >= 15 is 0 Å². The van der Waals surface area contributed by atoms with E-state index < -0.39 is 5.54 Å². The summed E-state index contributed by atoms with van der Waals surface area (Å²) < 4.78 is 18.7. The van der Waals surface area contributed by atoms with Gasteiger partial charge in [0.15, 0.2) is 5.82 Å². The first-order valence-electron chi connectivity index (χ1n) is 11.5. The van der Waals surface area contributed by atoms with Gasteiger partial charge in [-0.3, -0.25) is 9.69 Å². The van der Waals surface area contributed by atoms with Crippen LogP contribution in [0.1, 0.15) is 29.9 Å². The maximum atomic E-state index is 14.5. The molecule has 0 radical (unpaired) electrons. The van der Waals surface area contributed by atoms with Crippen LogP contribution in [0.3, 0.4) is 0 Å². The summed E-state index contributed by atoms with van der Waals surface area (Å²) in [6.45, 7) is 6.61. The van der Waals surface area contributed by atoms with Crippen molar-refractivity contribution >= 4 is 37.8 Å². The molecule has 1 fully saturated rings. The topological polar surface area (TPSA) is 72.1 Å². The first-order chi connectivity index (χ1) is 17.3. The number of carbonyl (C=O) groups excluding carboxylic acids is 1. The summed E-state index contributed by atoms with van der Waals surface area (Å²) in [6.07, 6.45) is 3.37. The second kappa shape index (κ2) is 9.87. The zero-order valence-corrected chi connectivity index (χ0v) is 22.9. The molecule has 0 saturated carbocycles. The van der Waals surface area contributed by atoms with Crippen molar-refractivity contribution < 1.29 is 9.18 Å². The van der Waals surface area contributed by atoms with Gasteiger partial charge in [-0.05, 0) is 70.0 Å². The van der Waals surface area contributed by atoms with Crippen LogP contribution in [0.2, 0.25) is 0 Å². The second-order valence-corrected chi connectivity index (χ2v) is 10.7. The maximum Gasteiger partial charge on any atom is 0.258 e. The summed E-state index contributed by atoms with van der Waals surface area (Å²) in [5.41, 5.74) is 2.02. The zero-order valence-electron chi connectivity index (χ0n) is 19.8. The van der Waals surface area contributed by atoms with E-state index in [1.807, 2.05) is 35.2 Å². The van der Waals surface area contributed by atoms with Gasteiger partial charge in [-0.2, -0.15) is 5.10 Å². The molecule has 1 saturated heterocycles. The highest BCUT2D eigenvalue weighted by molar-refractivity contribution is 9.10. The summed E-state index contributed by atoms with van der Waals surface area (Å²) in [5, 5.41) is 12.9. The number of amides is 1. The van der Waals surface area contributed by atoms with E-state index in [0.717, 1.165) is 11.4 Å². The lowest BCUT2D eigenvalue weighted by molar-refractivity contribution is 0.0378. The molecule has 5 rings (SSSR count). The van der Waals surface area contributed by atoms with Gasteiger partial charge < -0.3 is 4.90 Å². The maximum absolute atomic E-state index is 14.5. The van der Waals surface area contributed by atoms with E-state index in [1.165, 1.54) is 4.68 Å². The molecule has 11 heteroatoms. The van der Waals surface area contributed by atoms with Crippen molar-refractivity contribution in [1.82, 2.24) is 34.6 Å². The quantitative estimate of drug-likeness (QED) is 0.322. The lowest BCUT2D eigenvalue weighted by Crippen LogP contribution is -2.54. The summed E-state index contributed by atoms with van der Waals surface area (Å²) in [6, 6.07) is 14.7. The Balaban J connectivity index is 1.28. The zero-order chi connectivity index (χ0) is 25.4. The largest absolute Gasteiger partial charge is 0.336 e. The van der Waals surface area contributed by atoms with Crippen molar-refractivity contribution in [3.8, 4) is 11.4 Å². The van der Waals surface area contributed by atoms with Crippen molar-refractivity contribution in [2.24, 2.45) is 0 Å². The van der Waals surface area contributed by atoms with Gasteiger partial charge in [-0.15, -0.1) is 5.10 Å². The molecule has 0 atom stereocenters. The second-order valence-electron chi connectivity index (χ2n) is 9.06. The fraction of sp³-hybridized carbons (Fsp3) is 0.280. The Labute approximate surface area is 225 Å². The van der Waals surface area contributed by atoms with Crippen LogP contribution < -0.4 is 0 Å². The SMILES string of the molecule is CC(C)(c1cn(-c2cccc(Br)c2F)nn1)N1CCN(C(=O)c2cnn(-c3ccccc3)c2Br)CC1. The average molecular weight is 617 g/mol. The molecule has 3 heterocycles.